The van der Waals surface area contributed by atoms with Gasteiger partial charge in [0.05, 0.1) is 12.2 Å². The molecule has 2 aliphatic rings. The molecule has 2 aliphatic carbocycles. The van der Waals surface area contributed by atoms with Crippen LogP contribution in [0.3, 0.4) is 0 Å². The van der Waals surface area contributed by atoms with Gasteiger partial charge in [-0.1, -0.05) is 60.6 Å². The van der Waals surface area contributed by atoms with Crippen molar-refractivity contribution in [1.29, 1.82) is 0 Å². The van der Waals surface area contributed by atoms with Gasteiger partial charge in [0.25, 0.3) is 0 Å². The summed E-state index contributed by atoms with van der Waals surface area (Å²) >= 11 is 0. The Balaban J connectivity index is 2.34. The van der Waals surface area contributed by atoms with Crippen molar-refractivity contribution in [2.45, 2.75) is 130 Å². The minimum absolute atomic E-state index is 0.0337. The molecule has 2 fully saturated rings. The first-order chi connectivity index (χ1) is 15.4. The Morgan fingerprint density at radius 1 is 1.03 bits per heavy atom. The van der Waals surface area contributed by atoms with Crippen molar-refractivity contribution in [2.75, 3.05) is 0 Å². The zero-order valence-corrected chi connectivity index (χ0v) is 26.2. The Morgan fingerprint density at radius 3 is 2.15 bits per heavy atom. The molecule has 2 saturated carbocycles. The molecule has 0 bridgehead atoms. The van der Waals surface area contributed by atoms with Gasteiger partial charge >= 0.3 is 0 Å². The second kappa shape index (κ2) is 10.7. The molecule has 194 valence electrons. The molecule has 0 unspecified atom stereocenters. The zero-order valence-electron chi connectivity index (χ0n) is 24.2. The number of fused-ring (bicyclic) bond motifs is 1. The molecule has 0 aromatic rings. The normalized spacial score (nSPS) is 28.1. The largest absolute Gasteiger partial charge is 0.413 e. The monoisotopic (exact) mass is 504 g/mol. The highest BCUT2D eigenvalue weighted by Gasteiger charge is 2.50. The first-order valence-electron chi connectivity index (χ1n) is 13.3. The van der Waals surface area contributed by atoms with Gasteiger partial charge < -0.3 is 8.85 Å². The number of Topliss-reactive ketones (excluding diaryl/α,β-unsaturated/α-hetero) is 1. The van der Waals surface area contributed by atoms with Crippen LogP contribution in [0.4, 0.5) is 0 Å². The topological polar surface area (TPSA) is 35.5 Å². The maximum Gasteiger partial charge on any atom is 0.192 e. The van der Waals surface area contributed by atoms with Gasteiger partial charge in [0.2, 0.25) is 0 Å². The summed E-state index contributed by atoms with van der Waals surface area (Å²) in [5, 5.41) is 0.329. The first-order valence-corrected chi connectivity index (χ1v) is 19.2. The van der Waals surface area contributed by atoms with Gasteiger partial charge in [-0.15, -0.1) is 11.8 Å². The smallest absolute Gasteiger partial charge is 0.192 e. The summed E-state index contributed by atoms with van der Waals surface area (Å²) in [7, 11) is -3.84. The van der Waals surface area contributed by atoms with Crippen LogP contribution >= 0.6 is 0 Å². The molecular weight excluding hydrogens is 452 g/mol. The standard InChI is InChI=1S/C29H52O3Si2/c1-13-14-15-21(2)26(31-33(9,10)28(3,4)5)17-16-24-25-20-23(30)18-22(25)19-27(24)32-34(11,12)29(6,7)8/h16-17,21-22,24-27H,15,18-20H2,1-12H3/b17-16+/t21-,22-,24+,25-,26+,27+/m0/s1. The minimum atomic E-state index is -1.94. The highest BCUT2D eigenvalue weighted by atomic mass is 28.4. The fourth-order valence-electron chi connectivity index (χ4n) is 4.82. The molecule has 34 heavy (non-hydrogen) atoms. The highest BCUT2D eigenvalue weighted by molar-refractivity contribution is 6.74. The number of hydrogen-bond donors (Lipinski definition) is 0. The number of rotatable bonds is 8. The van der Waals surface area contributed by atoms with Crippen molar-refractivity contribution in [2.24, 2.45) is 23.7 Å². The van der Waals surface area contributed by atoms with Gasteiger partial charge in [-0.3, -0.25) is 4.79 Å². The number of hydrogen-bond acceptors (Lipinski definition) is 3. The first kappa shape index (κ1) is 29.6. The van der Waals surface area contributed by atoms with Crippen LogP contribution in [0.1, 0.15) is 81.1 Å². The number of carbonyl (C=O) groups excluding carboxylic acids is 1. The van der Waals surface area contributed by atoms with Crippen LogP contribution in [0, 0.1) is 35.5 Å². The van der Waals surface area contributed by atoms with E-state index in [1.807, 2.05) is 6.92 Å². The molecule has 5 heteroatoms. The molecular formula is C29H52O3Si2. The van der Waals surface area contributed by atoms with Crippen LogP contribution < -0.4 is 0 Å². The summed E-state index contributed by atoms with van der Waals surface area (Å²) in [6, 6.07) is 0. The molecule has 0 saturated heterocycles. The molecule has 0 amide bonds. The maximum absolute atomic E-state index is 12.3. The Labute approximate surface area is 213 Å². The van der Waals surface area contributed by atoms with Crippen LogP contribution in [-0.2, 0) is 13.6 Å². The van der Waals surface area contributed by atoms with Gasteiger partial charge in [-0.2, -0.15) is 0 Å². The third-order valence-corrected chi connectivity index (χ3v) is 18.2. The third kappa shape index (κ3) is 6.96. The van der Waals surface area contributed by atoms with E-state index in [-0.39, 0.29) is 22.3 Å². The van der Waals surface area contributed by atoms with E-state index in [1.165, 1.54) is 0 Å². The van der Waals surface area contributed by atoms with Crippen molar-refractivity contribution >= 4 is 22.4 Å². The van der Waals surface area contributed by atoms with E-state index in [0.29, 0.717) is 35.9 Å². The van der Waals surface area contributed by atoms with E-state index in [9.17, 15) is 4.79 Å². The van der Waals surface area contributed by atoms with E-state index in [0.717, 1.165) is 19.3 Å². The summed E-state index contributed by atoms with van der Waals surface area (Å²) in [5.41, 5.74) is 0. The van der Waals surface area contributed by atoms with Crippen molar-refractivity contribution in [3.63, 3.8) is 0 Å². The summed E-state index contributed by atoms with van der Waals surface area (Å²) in [4.78, 5) is 12.3. The average Bonchev–Trinajstić information content (AvgIpc) is 3.16. The Kier molecular flexibility index (Phi) is 9.34. The quantitative estimate of drug-likeness (QED) is 0.191. The van der Waals surface area contributed by atoms with Gasteiger partial charge in [-0.25, -0.2) is 0 Å². The molecule has 0 aliphatic heterocycles. The lowest BCUT2D eigenvalue weighted by Gasteiger charge is -2.41. The fourth-order valence-corrected chi connectivity index (χ4v) is 7.53. The van der Waals surface area contributed by atoms with E-state index in [1.54, 1.807) is 0 Å². The molecule has 0 radical (unpaired) electrons. The SMILES string of the molecule is CC#CC[C@H](C)[C@@H](/C=C/[C@@H]1[C@H]2CC(=O)C[C@H]2C[C@H]1O[Si](C)(C)C(C)(C)C)O[Si](C)(C)C(C)(C)C. The summed E-state index contributed by atoms with van der Waals surface area (Å²) in [5.74, 6) is 8.25. The van der Waals surface area contributed by atoms with Gasteiger partial charge in [0.15, 0.2) is 16.6 Å². The lowest BCUT2D eigenvalue weighted by atomic mass is 9.89. The second-order valence-corrected chi connectivity index (χ2v) is 23.4. The van der Waals surface area contributed by atoms with E-state index >= 15 is 0 Å². The molecule has 0 N–H and O–H groups in total. The molecule has 0 heterocycles. The molecule has 0 spiro atoms. The van der Waals surface area contributed by atoms with Crippen molar-refractivity contribution in [1.82, 2.24) is 0 Å². The lowest BCUT2D eigenvalue weighted by Crippen LogP contribution is -2.45. The summed E-state index contributed by atoms with van der Waals surface area (Å²) < 4.78 is 13.9. The van der Waals surface area contributed by atoms with Gasteiger partial charge in [0.1, 0.15) is 5.78 Å². The van der Waals surface area contributed by atoms with E-state index in [2.05, 4.69) is 98.6 Å². The van der Waals surface area contributed by atoms with Crippen LogP contribution in [0.25, 0.3) is 0 Å². The van der Waals surface area contributed by atoms with Crippen molar-refractivity contribution in [3.8, 4) is 11.8 Å². The van der Waals surface area contributed by atoms with Crippen LogP contribution in [0.15, 0.2) is 12.2 Å². The third-order valence-electron chi connectivity index (χ3n) is 9.19. The lowest BCUT2D eigenvalue weighted by molar-refractivity contribution is -0.118. The average molecular weight is 505 g/mol. The summed E-state index contributed by atoms with van der Waals surface area (Å²) in [6.45, 7) is 27.3. The van der Waals surface area contributed by atoms with Crippen LogP contribution in [0.5, 0.6) is 0 Å². The number of carbonyl (C=O) groups is 1. The van der Waals surface area contributed by atoms with Crippen molar-refractivity contribution < 1.29 is 13.6 Å². The molecule has 0 aromatic carbocycles. The second-order valence-electron chi connectivity index (χ2n) is 13.9. The van der Waals surface area contributed by atoms with Crippen LogP contribution in [0.2, 0.25) is 36.3 Å². The fraction of sp³-hybridized carbons (Fsp3) is 0.828. The number of ketones is 1. The van der Waals surface area contributed by atoms with Crippen molar-refractivity contribution in [3.05, 3.63) is 12.2 Å². The minimum Gasteiger partial charge on any atom is -0.413 e. The molecule has 3 nitrogen and oxygen atoms in total. The van der Waals surface area contributed by atoms with Gasteiger partial charge in [-0.05, 0) is 67.4 Å². The molecule has 6 atom stereocenters. The molecule has 0 aromatic heterocycles. The maximum atomic E-state index is 12.3. The summed E-state index contributed by atoms with van der Waals surface area (Å²) in [6.07, 6.45) is 8.24. The highest BCUT2D eigenvalue weighted by Crippen LogP contribution is 2.50. The Hall–Kier alpha value is -0.676. The Morgan fingerprint density at radius 2 is 1.62 bits per heavy atom. The predicted molar refractivity (Wildman–Crippen MR) is 150 cm³/mol. The van der Waals surface area contributed by atoms with Crippen LogP contribution in [-0.4, -0.2) is 34.6 Å². The zero-order chi connectivity index (χ0) is 26.1. The predicted octanol–water partition coefficient (Wildman–Crippen LogP) is 7.99. The van der Waals surface area contributed by atoms with E-state index < -0.39 is 16.6 Å². The van der Waals surface area contributed by atoms with E-state index in [4.69, 9.17) is 8.85 Å². The molecule has 2 rings (SSSR count). The Bertz CT molecular complexity index is 804. The van der Waals surface area contributed by atoms with Gasteiger partial charge in [0, 0.05) is 25.2 Å².